The lowest BCUT2D eigenvalue weighted by molar-refractivity contribution is 0.517. The Morgan fingerprint density at radius 2 is 2.00 bits per heavy atom. The molecule has 0 spiro atoms. The van der Waals surface area contributed by atoms with Crippen LogP contribution in [0.15, 0.2) is 53.3 Å². The molecule has 2 aromatic heterocycles. The lowest BCUT2D eigenvalue weighted by Gasteiger charge is -2.20. The molecule has 1 unspecified atom stereocenters. The Kier molecular flexibility index (Phi) is 4.02. The highest BCUT2D eigenvalue weighted by molar-refractivity contribution is 5.82. The number of fused-ring (bicyclic) bond motifs is 1. The number of para-hydroxylation sites is 1. The Morgan fingerprint density at radius 3 is 2.76 bits per heavy atom. The summed E-state index contributed by atoms with van der Waals surface area (Å²) < 4.78 is 5.50. The predicted octanol–water partition coefficient (Wildman–Crippen LogP) is 4.23. The van der Waals surface area contributed by atoms with Crippen molar-refractivity contribution in [1.82, 2.24) is 10.3 Å². The molecule has 2 heterocycles. The first kappa shape index (κ1) is 13.8. The molecule has 3 rings (SSSR count). The van der Waals surface area contributed by atoms with E-state index in [9.17, 15) is 0 Å². The lowest BCUT2D eigenvalue weighted by Crippen LogP contribution is -2.23. The van der Waals surface area contributed by atoms with Crippen LogP contribution in [0.5, 0.6) is 0 Å². The molecule has 0 fully saturated rings. The molecule has 1 atom stereocenters. The largest absolute Gasteiger partial charge is 0.469 e. The zero-order valence-corrected chi connectivity index (χ0v) is 12.5. The smallest absolute Gasteiger partial charge is 0.105 e. The number of aryl methyl sites for hydroxylation is 1. The quantitative estimate of drug-likeness (QED) is 0.760. The van der Waals surface area contributed by atoms with Crippen molar-refractivity contribution in [2.75, 3.05) is 6.54 Å². The van der Waals surface area contributed by atoms with Crippen LogP contribution in [0.3, 0.4) is 0 Å². The van der Waals surface area contributed by atoms with Crippen LogP contribution in [-0.4, -0.2) is 11.5 Å². The van der Waals surface area contributed by atoms with Crippen molar-refractivity contribution in [2.24, 2.45) is 0 Å². The Bertz CT molecular complexity index is 727. The van der Waals surface area contributed by atoms with E-state index in [1.165, 1.54) is 16.5 Å². The summed E-state index contributed by atoms with van der Waals surface area (Å²) in [7, 11) is 0. The van der Waals surface area contributed by atoms with Gasteiger partial charge in [-0.1, -0.05) is 31.2 Å². The highest BCUT2D eigenvalue weighted by Crippen LogP contribution is 2.30. The van der Waals surface area contributed by atoms with E-state index in [-0.39, 0.29) is 6.04 Å². The van der Waals surface area contributed by atoms with Crippen molar-refractivity contribution in [1.29, 1.82) is 0 Å². The number of nitrogens with one attached hydrogen (secondary N) is 1. The third-order valence-electron chi connectivity index (χ3n) is 3.78. The molecule has 0 aliphatic carbocycles. The van der Waals surface area contributed by atoms with Crippen LogP contribution in [-0.2, 0) is 0 Å². The Labute approximate surface area is 125 Å². The van der Waals surface area contributed by atoms with Crippen molar-refractivity contribution >= 4 is 10.9 Å². The van der Waals surface area contributed by atoms with Gasteiger partial charge in [0.1, 0.15) is 5.76 Å². The standard InChI is InChI=1S/C18H20N2O/c1-3-10-19-18(15-9-12-21-13(15)2)16-8-4-6-14-7-5-11-20-17(14)16/h4-9,11-12,18-19H,3,10H2,1-2H3. The Balaban J connectivity index is 2.12. The van der Waals surface area contributed by atoms with E-state index in [0.717, 1.165) is 24.2 Å². The first-order chi connectivity index (χ1) is 10.3. The molecule has 1 aromatic carbocycles. The fraction of sp³-hybridized carbons (Fsp3) is 0.278. The summed E-state index contributed by atoms with van der Waals surface area (Å²) in [5.74, 6) is 0.955. The van der Waals surface area contributed by atoms with Crippen molar-refractivity contribution in [2.45, 2.75) is 26.3 Å². The predicted molar refractivity (Wildman–Crippen MR) is 85.3 cm³/mol. The molecule has 3 heteroatoms. The molecular weight excluding hydrogens is 260 g/mol. The summed E-state index contributed by atoms with van der Waals surface area (Å²) in [6.45, 7) is 5.14. The number of aromatic nitrogens is 1. The third kappa shape index (κ3) is 2.69. The molecule has 0 saturated heterocycles. The minimum Gasteiger partial charge on any atom is -0.469 e. The molecule has 0 aliphatic heterocycles. The van der Waals surface area contributed by atoms with Crippen molar-refractivity contribution < 1.29 is 4.42 Å². The number of pyridine rings is 1. The topological polar surface area (TPSA) is 38.1 Å². The number of nitrogens with zero attached hydrogens (tertiary/aromatic N) is 1. The molecule has 3 nitrogen and oxygen atoms in total. The average molecular weight is 280 g/mol. The summed E-state index contributed by atoms with van der Waals surface area (Å²) in [5.41, 5.74) is 3.43. The summed E-state index contributed by atoms with van der Waals surface area (Å²) in [6, 6.07) is 12.6. The van der Waals surface area contributed by atoms with Crippen LogP contribution in [0.25, 0.3) is 10.9 Å². The van der Waals surface area contributed by atoms with E-state index in [1.54, 1.807) is 6.26 Å². The number of benzene rings is 1. The van der Waals surface area contributed by atoms with Crippen LogP contribution in [0.1, 0.15) is 36.3 Å². The van der Waals surface area contributed by atoms with Gasteiger partial charge in [-0.05, 0) is 37.6 Å². The first-order valence-electron chi connectivity index (χ1n) is 7.42. The number of furan rings is 1. The minimum absolute atomic E-state index is 0.113. The van der Waals surface area contributed by atoms with Gasteiger partial charge in [0.25, 0.3) is 0 Å². The number of rotatable bonds is 5. The Hall–Kier alpha value is -2.13. The Morgan fingerprint density at radius 1 is 1.14 bits per heavy atom. The second kappa shape index (κ2) is 6.10. The highest BCUT2D eigenvalue weighted by Gasteiger charge is 2.19. The molecule has 108 valence electrons. The lowest BCUT2D eigenvalue weighted by atomic mass is 9.96. The monoisotopic (exact) mass is 280 g/mol. The molecule has 3 aromatic rings. The van der Waals surface area contributed by atoms with Crippen LogP contribution in [0, 0.1) is 6.92 Å². The SMILES string of the molecule is CCCNC(c1ccoc1C)c1cccc2cccnc12. The second-order valence-electron chi connectivity index (χ2n) is 5.24. The van der Waals surface area contributed by atoms with Gasteiger partial charge in [0, 0.05) is 17.1 Å². The molecule has 0 saturated carbocycles. The van der Waals surface area contributed by atoms with Crippen LogP contribution in [0.4, 0.5) is 0 Å². The van der Waals surface area contributed by atoms with Gasteiger partial charge in [0.2, 0.25) is 0 Å². The fourth-order valence-electron chi connectivity index (χ4n) is 2.73. The van der Waals surface area contributed by atoms with Gasteiger partial charge in [-0.2, -0.15) is 0 Å². The first-order valence-corrected chi connectivity index (χ1v) is 7.42. The molecular formula is C18H20N2O. The van der Waals surface area contributed by atoms with Gasteiger partial charge in [-0.15, -0.1) is 0 Å². The van der Waals surface area contributed by atoms with E-state index in [4.69, 9.17) is 4.42 Å². The van der Waals surface area contributed by atoms with Gasteiger partial charge in [-0.3, -0.25) is 4.98 Å². The van der Waals surface area contributed by atoms with E-state index in [1.807, 2.05) is 25.3 Å². The summed E-state index contributed by atoms with van der Waals surface area (Å²) >= 11 is 0. The van der Waals surface area contributed by atoms with Crippen molar-refractivity contribution in [3.8, 4) is 0 Å². The van der Waals surface area contributed by atoms with Crippen molar-refractivity contribution in [3.63, 3.8) is 0 Å². The molecule has 0 amide bonds. The molecule has 0 radical (unpaired) electrons. The maximum atomic E-state index is 5.50. The zero-order valence-electron chi connectivity index (χ0n) is 12.5. The normalized spacial score (nSPS) is 12.7. The summed E-state index contributed by atoms with van der Waals surface area (Å²) in [4.78, 5) is 4.58. The molecule has 0 aliphatic rings. The molecule has 21 heavy (non-hydrogen) atoms. The van der Waals surface area contributed by atoms with E-state index in [0.29, 0.717) is 0 Å². The van der Waals surface area contributed by atoms with Crippen LogP contribution < -0.4 is 5.32 Å². The van der Waals surface area contributed by atoms with E-state index >= 15 is 0 Å². The van der Waals surface area contributed by atoms with E-state index in [2.05, 4.69) is 41.5 Å². The fourth-order valence-corrected chi connectivity index (χ4v) is 2.73. The van der Waals surface area contributed by atoms with Gasteiger partial charge in [0.05, 0.1) is 17.8 Å². The maximum Gasteiger partial charge on any atom is 0.105 e. The number of hydrogen-bond donors (Lipinski definition) is 1. The molecule has 1 N–H and O–H groups in total. The third-order valence-corrected chi connectivity index (χ3v) is 3.78. The van der Waals surface area contributed by atoms with Crippen molar-refractivity contribution in [3.05, 3.63) is 65.7 Å². The minimum atomic E-state index is 0.113. The van der Waals surface area contributed by atoms with Gasteiger partial charge in [0.15, 0.2) is 0 Å². The van der Waals surface area contributed by atoms with Crippen LogP contribution in [0.2, 0.25) is 0 Å². The maximum absolute atomic E-state index is 5.50. The zero-order chi connectivity index (χ0) is 14.7. The number of hydrogen-bond acceptors (Lipinski definition) is 3. The summed E-state index contributed by atoms with van der Waals surface area (Å²) in [5, 5.41) is 4.79. The van der Waals surface area contributed by atoms with E-state index < -0.39 is 0 Å². The average Bonchev–Trinajstić information content (AvgIpc) is 2.94. The van der Waals surface area contributed by atoms with Gasteiger partial charge < -0.3 is 9.73 Å². The van der Waals surface area contributed by atoms with Gasteiger partial charge >= 0.3 is 0 Å². The molecule has 0 bridgehead atoms. The summed E-state index contributed by atoms with van der Waals surface area (Å²) in [6.07, 6.45) is 4.69. The highest BCUT2D eigenvalue weighted by atomic mass is 16.3. The van der Waals surface area contributed by atoms with Crippen LogP contribution >= 0.6 is 0 Å². The second-order valence-corrected chi connectivity index (χ2v) is 5.24. The van der Waals surface area contributed by atoms with Gasteiger partial charge in [-0.25, -0.2) is 0 Å².